The molecule has 0 spiro atoms. The molecule has 3 aromatic rings. The Morgan fingerprint density at radius 2 is 2.00 bits per heavy atom. The Labute approximate surface area is 219 Å². The van der Waals surface area contributed by atoms with E-state index in [1.54, 1.807) is 18.2 Å². The number of ether oxygens (including phenoxy) is 1. The van der Waals surface area contributed by atoms with Crippen LogP contribution < -0.4 is 10.6 Å². The number of fused-ring (bicyclic) bond motifs is 1. The standard InChI is InChI=1S/C25H20ClF3N4O3S/c1-36-24(35)15-7-8-30-22-19(10-15)23(32-13-31-22)33-16-5-6-18(20(26)11-16)21(34)14-3-2-4-17(9-14)37-12-25(27,28)29/h2-6,9-11,13H,7-8,12H2,1H3,(H2,30,31,32,33). The van der Waals surface area contributed by atoms with Crippen LogP contribution in [0.2, 0.25) is 5.02 Å². The fourth-order valence-electron chi connectivity index (χ4n) is 3.59. The van der Waals surface area contributed by atoms with Crippen molar-refractivity contribution in [1.29, 1.82) is 0 Å². The third kappa shape index (κ3) is 6.60. The van der Waals surface area contributed by atoms with Crippen molar-refractivity contribution in [2.75, 3.05) is 30.0 Å². The Balaban J connectivity index is 1.57. The first-order valence-electron chi connectivity index (χ1n) is 10.9. The van der Waals surface area contributed by atoms with Gasteiger partial charge in [-0.15, -0.1) is 11.8 Å². The largest absolute Gasteiger partial charge is 0.466 e. The van der Waals surface area contributed by atoms with Gasteiger partial charge < -0.3 is 15.4 Å². The molecule has 1 aromatic heterocycles. The Bertz CT molecular complexity index is 1380. The number of hydrogen-bond acceptors (Lipinski definition) is 8. The van der Waals surface area contributed by atoms with Crippen LogP contribution in [0.5, 0.6) is 0 Å². The van der Waals surface area contributed by atoms with Crippen LogP contribution in [0, 0.1) is 0 Å². The van der Waals surface area contributed by atoms with E-state index in [0.717, 1.165) is 0 Å². The molecule has 192 valence electrons. The zero-order valence-electron chi connectivity index (χ0n) is 19.4. The molecule has 0 saturated carbocycles. The van der Waals surface area contributed by atoms with E-state index in [9.17, 15) is 22.8 Å². The van der Waals surface area contributed by atoms with E-state index in [2.05, 4.69) is 20.6 Å². The fourth-order valence-corrected chi connectivity index (χ4v) is 4.57. The van der Waals surface area contributed by atoms with Gasteiger partial charge in [-0.2, -0.15) is 13.2 Å². The number of anilines is 3. The zero-order chi connectivity index (χ0) is 26.6. The van der Waals surface area contributed by atoms with Gasteiger partial charge in [0.2, 0.25) is 0 Å². The van der Waals surface area contributed by atoms with Crippen molar-refractivity contribution < 1.29 is 27.5 Å². The van der Waals surface area contributed by atoms with Crippen LogP contribution in [0.1, 0.15) is 27.9 Å². The maximum absolute atomic E-state index is 13.0. The molecule has 0 saturated heterocycles. The van der Waals surface area contributed by atoms with Gasteiger partial charge >= 0.3 is 12.1 Å². The number of methoxy groups -OCH3 is 1. The van der Waals surface area contributed by atoms with Crippen molar-refractivity contribution in [2.24, 2.45) is 0 Å². The third-order valence-corrected chi connectivity index (χ3v) is 6.68. The number of hydrogen-bond donors (Lipinski definition) is 2. The highest BCUT2D eigenvalue weighted by Gasteiger charge is 2.27. The molecule has 0 amide bonds. The summed E-state index contributed by atoms with van der Waals surface area (Å²) < 4.78 is 42.5. The van der Waals surface area contributed by atoms with Crippen LogP contribution in [0.25, 0.3) is 6.08 Å². The maximum Gasteiger partial charge on any atom is 0.398 e. The minimum Gasteiger partial charge on any atom is -0.466 e. The van der Waals surface area contributed by atoms with Gasteiger partial charge in [0.1, 0.15) is 18.0 Å². The van der Waals surface area contributed by atoms with Gasteiger partial charge in [0, 0.05) is 33.8 Å². The van der Waals surface area contributed by atoms with E-state index >= 15 is 0 Å². The first kappa shape index (κ1) is 26.5. The number of carbonyl (C=O) groups excluding carboxylic acids is 2. The Kier molecular flexibility index (Phi) is 8.03. The lowest BCUT2D eigenvalue weighted by molar-refractivity contribution is -0.136. The molecule has 12 heteroatoms. The summed E-state index contributed by atoms with van der Waals surface area (Å²) in [5, 5.41) is 6.43. The fraction of sp³-hybridized carbons (Fsp3) is 0.200. The molecule has 0 unspecified atom stereocenters. The minimum atomic E-state index is -4.31. The number of alkyl halides is 3. The van der Waals surface area contributed by atoms with Crippen molar-refractivity contribution in [3.63, 3.8) is 0 Å². The molecule has 2 aromatic carbocycles. The summed E-state index contributed by atoms with van der Waals surface area (Å²) in [4.78, 5) is 33.9. The van der Waals surface area contributed by atoms with Gasteiger partial charge in [0.25, 0.3) is 0 Å². The molecular weight excluding hydrogens is 529 g/mol. The molecule has 7 nitrogen and oxygen atoms in total. The van der Waals surface area contributed by atoms with Crippen LogP contribution in [0.3, 0.4) is 0 Å². The SMILES string of the molecule is COC(=O)C1=Cc2c(ncnc2Nc2ccc(C(=O)c3cccc(SCC(F)(F)F)c3)c(Cl)c2)NCC1. The summed E-state index contributed by atoms with van der Waals surface area (Å²) >= 11 is 7.03. The van der Waals surface area contributed by atoms with Crippen LogP contribution in [-0.2, 0) is 9.53 Å². The van der Waals surface area contributed by atoms with Crippen LogP contribution in [0.15, 0.2) is 59.3 Å². The number of benzene rings is 2. The molecule has 2 heterocycles. The molecule has 1 aliphatic rings. The predicted molar refractivity (Wildman–Crippen MR) is 137 cm³/mol. The monoisotopic (exact) mass is 548 g/mol. The number of esters is 1. The molecule has 4 rings (SSSR count). The number of ketones is 1. The van der Waals surface area contributed by atoms with E-state index in [1.807, 2.05) is 0 Å². The summed E-state index contributed by atoms with van der Waals surface area (Å²) in [6.45, 7) is 0.489. The molecule has 2 N–H and O–H groups in total. The second-order valence-corrected chi connectivity index (χ2v) is 9.36. The van der Waals surface area contributed by atoms with Crippen LogP contribution in [-0.4, -0.2) is 47.3 Å². The average Bonchev–Trinajstić information content (AvgIpc) is 3.10. The van der Waals surface area contributed by atoms with Crippen LogP contribution >= 0.6 is 23.4 Å². The molecule has 0 radical (unpaired) electrons. The summed E-state index contributed by atoms with van der Waals surface area (Å²) in [5.74, 6) is -0.972. The van der Waals surface area contributed by atoms with E-state index in [0.29, 0.717) is 58.1 Å². The summed E-state index contributed by atoms with van der Waals surface area (Å²) in [5.41, 5.74) is 1.96. The smallest absolute Gasteiger partial charge is 0.398 e. The lowest BCUT2D eigenvalue weighted by Gasteiger charge is -2.13. The van der Waals surface area contributed by atoms with Crippen molar-refractivity contribution >= 4 is 58.5 Å². The number of thioether (sulfide) groups is 1. The van der Waals surface area contributed by atoms with Gasteiger partial charge in [-0.1, -0.05) is 23.7 Å². The number of nitrogens with one attached hydrogen (secondary N) is 2. The lowest BCUT2D eigenvalue weighted by atomic mass is 10.0. The van der Waals surface area contributed by atoms with Crippen molar-refractivity contribution in [1.82, 2.24) is 9.97 Å². The normalized spacial score (nSPS) is 13.1. The number of carbonyl (C=O) groups is 2. The van der Waals surface area contributed by atoms with E-state index in [1.165, 1.54) is 43.8 Å². The van der Waals surface area contributed by atoms with Crippen molar-refractivity contribution in [3.8, 4) is 0 Å². The summed E-state index contributed by atoms with van der Waals surface area (Å²) in [6, 6.07) is 10.7. The Morgan fingerprint density at radius 1 is 1.19 bits per heavy atom. The quantitative estimate of drug-likeness (QED) is 0.207. The highest BCUT2D eigenvalue weighted by atomic mass is 35.5. The van der Waals surface area contributed by atoms with Gasteiger partial charge in [-0.05, 0) is 42.8 Å². The highest BCUT2D eigenvalue weighted by molar-refractivity contribution is 7.99. The Morgan fingerprint density at radius 3 is 2.73 bits per heavy atom. The molecule has 1 aliphatic heterocycles. The molecule has 37 heavy (non-hydrogen) atoms. The third-order valence-electron chi connectivity index (χ3n) is 5.31. The van der Waals surface area contributed by atoms with Crippen LogP contribution in [0.4, 0.5) is 30.5 Å². The van der Waals surface area contributed by atoms with Gasteiger partial charge in [0.15, 0.2) is 5.78 Å². The molecular formula is C25H20ClF3N4O3S. The second kappa shape index (κ2) is 11.2. The number of nitrogens with zero attached hydrogens (tertiary/aromatic N) is 2. The average molecular weight is 549 g/mol. The van der Waals surface area contributed by atoms with E-state index in [-0.39, 0.29) is 16.1 Å². The molecule has 0 atom stereocenters. The first-order chi connectivity index (χ1) is 17.6. The topological polar surface area (TPSA) is 93.2 Å². The maximum atomic E-state index is 13.0. The Hall–Kier alpha value is -3.57. The minimum absolute atomic E-state index is 0.146. The lowest BCUT2D eigenvalue weighted by Crippen LogP contribution is -2.10. The van der Waals surface area contributed by atoms with E-state index in [4.69, 9.17) is 16.3 Å². The molecule has 0 bridgehead atoms. The first-order valence-corrected chi connectivity index (χ1v) is 12.3. The highest BCUT2D eigenvalue weighted by Crippen LogP contribution is 2.32. The van der Waals surface area contributed by atoms with Gasteiger partial charge in [0.05, 0.1) is 23.4 Å². The number of aromatic nitrogens is 2. The van der Waals surface area contributed by atoms with Crippen molar-refractivity contribution in [2.45, 2.75) is 17.5 Å². The predicted octanol–water partition coefficient (Wildman–Crippen LogP) is 6.13. The zero-order valence-corrected chi connectivity index (χ0v) is 20.9. The number of halogens is 4. The second-order valence-electron chi connectivity index (χ2n) is 7.90. The van der Waals surface area contributed by atoms with Crippen molar-refractivity contribution in [3.05, 3.63) is 76.1 Å². The van der Waals surface area contributed by atoms with Gasteiger partial charge in [-0.3, -0.25) is 4.79 Å². The summed E-state index contributed by atoms with van der Waals surface area (Å²) in [6.07, 6.45) is -0.839. The van der Waals surface area contributed by atoms with E-state index < -0.39 is 23.7 Å². The van der Waals surface area contributed by atoms with Gasteiger partial charge in [-0.25, -0.2) is 14.8 Å². The summed E-state index contributed by atoms with van der Waals surface area (Å²) in [7, 11) is 1.31. The molecule has 0 fully saturated rings. The molecule has 0 aliphatic carbocycles. The number of rotatable bonds is 7.